The number of para-hydroxylation sites is 3. The third-order valence-electron chi connectivity index (χ3n) is 4.89. The highest BCUT2D eigenvalue weighted by molar-refractivity contribution is 6.09. The van der Waals surface area contributed by atoms with Crippen molar-refractivity contribution < 1.29 is 14.3 Å². The Hall–Kier alpha value is -4.12. The van der Waals surface area contributed by atoms with Crippen molar-refractivity contribution in [2.75, 3.05) is 5.32 Å². The molecule has 0 aromatic heterocycles. The second kappa shape index (κ2) is 9.13. The number of rotatable bonds is 6. The Bertz CT molecular complexity index is 1220. The van der Waals surface area contributed by atoms with Gasteiger partial charge in [-0.1, -0.05) is 66.7 Å². The average molecular weight is 410 g/mol. The number of amides is 2. The predicted octanol–water partition coefficient (Wildman–Crippen LogP) is 5.39. The van der Waals surface area contributed by atoms with Crippen LogP contribution in [0.5, 0.6) is 11.5 Å². The second-order valence-corrected chi connectivity index (χ2v) is 7.12. The van der Waals surface area contributed by atoms with Gasteiger partial charge in [0.2, 0.25) is 5.91 Å². The molecule has 31 heavy (non-hydrogen) atoms. The third-order valence-corrected chi connectivity index (χ3v) is 4.89. The summed E-state index contributed by atoms with van der Waals surface area (Å²) >= 11 is 0. The van der Waals surface area contributed by atoms with E-state index < -0.39 is 6.04 Å². The molecule has 0 radical (unpaired) electrons. The Morgan fingerprint density at radius 3 is 2.29 bits per heavy atom. The molecule has 0 bridgehead atoms. The molecule has 4 aromatic rings. The zero-order chi connectivity index (χ0) is 21.6. The lowest BCUT2D eigenvalue weighted by atomic mass is 10.0. The fourth-order valence-electron chi connectivity index (χ4n) is 3.28. The smallest absolute Gasteiger partial charge is 0.252 e. The van der Waals surface area contributed by atoms with Crippen LogP contribution >= 0.6 is 0 Å². The number of hydrogen-bond acceptors (Lipinski definition) is 3. The van der Waals surface area contributed by atoms with Gasteiger partial charge in [-0.3, -0.25) is 9.59 Å². The molecule has 0 fully saturated rings. The lowest BCUT2D eigenvalue weighted by Gasteiger charge is -2.17. The van der Waals surface area contributed by atoms with Crippen LogP contribution in [0.4, 0.5) is 5.69 Å². The van der Waals surface area contributed by atoms with Crippen molar-refractivity contribution >= 4 is 28.3 Å². The van der Waals surface area contributed by atoms with Crippen LogP contribution < -0.4 is 15.4 Å². The molecule has 0 unspecified atom stereocenters. The van der Waals surface area contributed by atoms with E-state index in [1.807, 2.05) is 78.9 Å². The van der Waals surface area contributed by atoms with Gasteiger partial charge < -0.3 is 15.4 Å². The molecular weight excluding hydrogens is 388 g/mol. The molecule has 0 saturated heterocycles. The summed E-state index contributed by atoms with van der Waals surface area (Å²) in [5.74, 6) is 0.558. The fourth-order valence-corrected chi connectivity index (χ4v) is 3.28. The van der Waals surface area contributed by atoms with E-state index in [1.165, 1.54) is 0 Å². The molecule has 4 aromatic carbocycles. The number of benzene rings is 4. The lowest BCUT2D eigenvalue weighted by Crippen LogP contribution is -2.41. The van der Waals surface area contributed by atoms with E-state index in [2.05, 4.69) is 10.6 Å². The highest BCUT2D eigenvalue weighted by Gasteiger charge is 2.19. The Labute approximate surface area is 180 Å². The molecule has 4 rings (SSSR count). The zero-order valence-electron chi connectivity index (χ0n) is 17.0. The van der Waals surface area contributed by atoms with Gasteiger partial charge in [-0.15, -0.1) is 0 Å². The minimum Gasteiger partial charge on any atom is -0.455 e. The molecule has 5 heteroatoms. The number of hydrogen-bond donors (Lipinski definition) is 2. The van der Waals surface area contributed by atoms with Crippen molar-refractivity contribution in [2.24, 2.45) is 0 Å². The Kier molecular flexibility index (Phi) is 5.94. The number of ether oxygens (including phenoxy) is 1. The van der Waals surface area contributed by atoms with E-state index in [0.29, 0.717) is 22.7 Å². The number of carbonyl (C=O) groups excluding carboxylic acids is 2. The summed E-state index contributed by atoms with van der Waals surface area (Å²) in [6.07, 6.45) is 0. The van der Waals surface area contributed by atoms with Crippen LogP contribution in [0.2, 0.25) is 0 Å². The molecule has 0 saturated carbocycles. The van der Waals surface area contributed by atoms with Crippen molar-refractivity contribution in [1.82, 2.24) is 5.32 Å². The maximum atomic E-state index is 12.8. The fraction of sp³-hybridized carbons (Fsp3) is 0.0769. The average Bonchev–Trinajstić information content (AvgIpc) is 2.80. The van der Waals surface area contributed by atoms with Crippen LogP contribution in [-0.4, -0.2) is 17.9 Å². The molecule has 1 atom stereocenters. The summed E-state index contributed by atoms with van der Waals surface area (Å²) < 4.78 is 5.89. The first-order valence-electron chi connectivity index (χ1n) is 10.0. The number of nitrogens with one attached hydrogen (secondary N) is 2. The summed E-state index contributed by atoms with van der Waals surface area (Å²) in [4.78, 5) is 25.6. The summed E-state index contributed by atoms with van der Waals surface area (Å²) in [6.45, 7) is 1.65. The zero-order valence-corrected chi connectivity index (χ0v) is 17.0. The maximum Gasteiger partial charge on any atom is 0.252 e. The largest absolute Gasteiger partial charge is 0.455 e. The molecule has 0 spiro atoms. The van der Waals surface area contributed by atoms with Crippen LogP contribution in [0.25, 0.3) is 10.8 Å². The predicted molar refractivity (Wildman–Crippen MR) is 122 cm³/mol. The van der Waals surface area contributed by atoms with Gasteiger partial charge in [0.05, 0.1) is 5.69 Å². The number of anilines is 1. The molecule has 154 valence electrons. The molecule has 0 aliphatic carbocycles. The van der Waals surface area contributed by atoms with E-state index in [-0.39, 0.29) is 11.8 Å². The first-order chi connectivity index (χ1) is 15.1. The molecule has 0 aliphatic rings. The van der Waals surface area contributed by atoms with E-state index in [0.717, 1.165) is 10.8 Å². The summed E-state index contributed by atoms with van der Waals surface area (Å²) in [7, 11) is 0. The van der Waals surface area contributed by atoms with Gasteiger partial charge in [-0.25, -0.2) is 0 Å². The highest BCUT2D eigenvalue weighted by Crippen LogP contribution is 2.29. The van der Waals surface area contributed by atoms with Gasteiger partial charge in [0.25, 0.3) is 5.91 Å². The minimum absolute atomic E-state index is 0.298. The third kappa shape index (κ3) is 4.73. The van der Waals surface area contributed by atoms with Crippen LogP contribution in [-0.2, 0) is 4.79 Å². The van der Waals surface area contributed by atoms with Gasteiger partial charge in [0, 0.05) is 5.56 Å². The summed E-state index contributed by atoms with van der Waals surface area (Å²) in [5.41, 5.74) is 1.06. The molecule has 0 aliphatic heterocycles. The van der Waals surface area contributed by atoms with Gasteiger partial charge >= 0.3 is 0 Å². The van der Waals surface area contributed by atoms with Crippen LogP contribution in [0.1, 0.15) is 17.3 Å². The maximum absolute atomic E-state index is 12.8. The monoisotopic (exact) mass is 410 g/mol. The van der Waals surface area contributed by atoms with E-state index >= 15 is 0 Å². The topological polar surface area (TPSA) is 67.4 Å². The molecule has 2 N–H and O–H groups in total. The standard InChI is InChI=1S/C26H22N2O3/c1-18(27-26(30)22-15-9-11-19-10-5-6-14-21(19)22)25(29)28-23-16-7-8-17-24(23)31-20-12-3-2-4-13-20/h2-18H,1H3,(H,27,30)(H,28,29)/t18-/m1/s1. The van der Waals surface area contributed by atoms with Crippen molar-refractivity contribution in [2.45, 2.75) is 13.0 Å². The lowest BCUT2D eigenvalue weighted by molar-refractivity contribution is -0.117. The van der Waals surface area contributed by atoms with Crippen LogP contribution in [0.15, 0.2) is 97.1 Å². The highest BCUT2D eigenvalue weighted by atomic mass is 16.5. The van der Waals surface area contributed by atoms with Crippen molar-refractivity contribution in [1.29, 1.82) is 0 Å². The van der Waals surface area contributed by atoms with E-state index in [4.69, 9.17) is 4.74 Å². The van der Waals surface area contributed by atoms with Crippen molar-refractivity contribution in [3.8, 4) is 11.5 Å². The molecule has 5 nitrogen and oxygen atoms in total. The first-order valence-corrected chi connectivity index (χ1v) is 10.0. The van der Waals surface area contributed by atoms with Crippen LogP contribution in [0.3, 0.4) is 0 Å². The van der Waals surface area contributed by atoms with Gasteiger partial charge in [0.1, 0.15) is 11.8 Å². The van der Waals surface area contributed by atoms with Gasteiger partial charge in [-0.2, -0.15) is 0 Å². The van der Waals surface area contributed by atoms with Crippen molar-refractivity contribution in [3.63, 3.8) is 0 Å². The number of fused-ring (bicyclic) bond motifs is 1. The molecule has 0 heterocycles. The Morgan fingerprint density at radius 1 is 0.774 bits per heavy atom. The first kappa shape index (κ1) is 20.2. The molecule has 2 amide bonds. The normalized spacial score (nSPS) is 11.5. The van der Waals surface area contributed by atoms with E-state index in [1.54, 1.807) is 25.1 Å². The molecular formula is C26H22N2O3. The number of carbonyl (C=O) groups is 2. The quantitative estimate of drug-likeness (QED) is 0.448. The Morgan fingerprint density at radius 2 is 1.45 bits per heavy atom. The summed E-state index contributed by atoms with van der Waals surface area (Å²) in [6, 6.07) is 29.0. The summed E-state index contributed by atoms with van der Waals surface area (Å²) in [5, 5.41) is 7.45. The second-order valence-electron chi connectivity index (χ2n) is 7.12. The van der Waals surface area contributed by atoms with Gasteiger partial charge in [0.15, 0.2) is 5.75 Å². The van der Waals surface area contributed by atoms with Crippen molar-refractivity contribution in [3.05, 3.63) is 103 Å². The van der Waals surface area contributed by atoms with E-state index in [9.17, 15) is 9.59 Å². The minimum atomic E-state index is -0.740. The Balaban J connectivity index is 1.46. The van der Waals surface area contributed by atoms with Crippen LogP contribution in [0, 0.1) is 0 Å². The van der Waals surface area contributed by atoms with Gasteiger partial charge in [-0.05, 0) is 48.0 Å². The SMILES string of the molecule is C[C@@H](NC(=O)c1cccc2ccccc12)C(=O)Nc1ccccc1Oc1ccccc1.